The van der Waals surface area contributed by atoms with Gasteiger partial charge in [0.05, 0.1) is 11.9 Å². The Labute approximate surface area is 167 Å². The van der Waals surface area contributed by atoms with E-state index >= 15 is 0 Å². The van der Waals surface area contributed by atoms with Crippen LogP contribution >= 0.6 is 23.7 Å². The van der Waals surface area contributed by atoms with E-state index in [-0.39, 0.29) is 24.1 Å². The van der Waals surface area contributed by atoms with Crippen molar-refractivity contribution in [2.45, 2.75) is 19.4 Å². The summed E-state index contributed by atoms with van der Waals surface area (Å²) in [7, 11) is 3.52. The van der Waals surface area contributed by atoms with Crippen LogP contribution in [0.5, 0.6) is 0 Å². The second kappa shape index (κ2) is 9.07. The largest absolute Gasteiger partial charge is 0.305 e. The zero-order valence-corrected chi connectivity index (χ0v) is 16.8. The lowest BCUT2D eigenvalue weighted by atomic mass is 10.1. The van der Waals surface area contributed by atoms with E-state index in [1.807, 2.05) is 13.0 Å². The molecule has 0 aliphatic rings. The first-order valence-corrected chi connectivity index (χ1v) is 8.95. The maximum Gasteiger partial charge on any atom is 0.247 e. The molecule has 0 bridgehead atoms. The van der Waals surface area contributed by atoms with E-state index in [9.17, 15) is 9.18 Å². The van der Waals surface area contributed by atoms with Crippen molar-refractivity contribution in [3.63, 3.8) is 0 Å². The molecule has 0 fully saturated rings. The molecule has 3 rings (SSSR count). The topological polar surface area (TPSA) is 71.8 Å². The molecule has 0 saturated heterocycles. The Morgan fingerprint density at radius 2 is 2.19 bits per heavy atom. The maximum absolute atomic E-state index is 13.4. The molecule has 2 N–H and O–H groups in total. The molecule has 0 spiro atoms. The number of hydrogen-bond donors (Lipinski definition) is 2. The van der Waals surface area contributed by atoms with Crippen molar-refractivity contribution < 1.29 is 9.18 Å². The highest BCUT2D eigenvalue weighted by atomic mass is 35.5. The fourth-order valence-electron chi connectivity index (χ4n) is 2.69. The minimum Gasteiger partial charge on any atom is -0.305 e. The Morgan fingerprint density at radius 3 is 2.81 bits per heavy atom. The molecule has 9 heteroatoms. The van der Waals surface area contributed by atoms with Crippen LogP contribution in [-0.2, 0) is 18.3 Å². The van der Waals surface area contributed by atoms with Crippen LogP contribution in [0.1, 0.15) is 27.7 Å². The molecule has 27 heavy (non-hydrogen) atoms. The van der Waals surface area contributed by atoms with Gasteiger partial charge in [0.2, 0.25) is 5.91 Å². The maximum atomic E-state index is 13.4. The highest BCUT2D eigenvalue weighted by Crippen LogP contribution is 2.26. The summed E-state index contributed by atoms with van der Waals surface area (Å²) < 4.78 is 15.0. The summed E-state index contributed by atoms with van der Waals surface area (Å²) in [6.45, 7) is 1.89. The zero-order valence-electron chi connectivity index (χ0n) is 15.2. The summed E-state index contributed by atoms with van der Waals surface area (Å²) in [5, 5.41) is 10.5. The Morgan fingerprint density at radius 1 is 1.41 bits per heavy atom. The van der Waals surface area contributed by atoms with Gasteiger partial charge in [-0.2, -0.15) is 5.10 Å². The molecule has 1 atom stereocenters. The molecule has 3 aromatic rings. The monoisotopic (exact) mass is 409 g/mol. The molecule has 2 aromatic heterocycles. The summed E-state index contributed by atoms with van der Waals surface area (Å²) >= 11 is 1.40. The predicted molar refractivity (Wildman–Crippen MR) is 107 cm³/mol. The van der Waals surface area contributed by atoms with E-state index in [0.29, 0.717) is 11.6 Å². The number of halogens is 2. The average molecular weight is 410 g/mol. The fraction of sp³-hybridized carbons (Fsp3) is 0.278. The van der Waals surface area contributed by atoms with Gasteiger partial charge in [-0.3, -0.25) is 9.48 Å². The second-order valence-corrected chi connectivity index (χ2v) is 7.08. The summed E-state index contributed by atoms with van der Waals surface area (Å²) in [5.74, 6) is -0.460. The number of hydrogen-bond acceptors (Lipinski definition) is 5. The number of amides is 1. The van der Waals surface area contributed by atoms with E-state index in [1.165, 1.54) is 23.5 Å². The molecule has 0 radical (unpaired) electrons. The zero-order chi connectivity index (χ0) is 18.7. The lowest BCUT2D eigenvalue weighted by molar-refractivity contribution is -0.118. The SMILES string of the molecule is CNC(C(=O)Nc1nc(C)c(Cc2cccc(F)c2)s1)c1cnn(C)c1.Cl. The van der Waals surface area contributed by atoms with Crippen LogP contribution < -0.4 is 10.6 Å². The van der Waals surface area contributed by atoms with Gasteiger partial charge >= 0.3 is 0 Å². The number of aromatic nitrogens is 3. The quantitative estimate of drug-likeness (QED) is 0.655. The van der Waals surface area contributed by atoms with Crippen molar-refractivity contribution in [1.29, 1.82) is 0 Å². The number of rotatable bonds is 6. The van der Waals surface area contributed by atoms with Gasteiger partial charge in [0.25, 0.3) is 0 Å². The number of nitrogens with one attached hydrogen (secondary N) is 2. The van der Waals surface area contributed by atoms with Gasteiger partial charge in [-0.1, -0.05) is 12.1 Å². The molecule has 0 aliphatic carbocycles. The van der Waals surface area contributed by atoms with Crippen LogP contribution in [0.15, 0.2) is 36.7 Å². The molecule has 2 heterocycles. The van der Waals surface area contributed by atoms with E-state index in [0.717, 1.165) is 21.7 Å². The number of benzene rings is 1. The lowest BCUT2D eigenvalue weighted by Crippen LogP contribution is -2.30. The molecular weight excluding hydrogens is 389 g/mol. The predicted octanol–water partition coefficient (Wildman–Crippen LogP) is 3.24. The molecule has 0 saturated carbocycles. The van der Waals surface area contributed by atoms with Crippen molar-refractivity contribution in [1.82, 2.24) is 20.1 Å². The highest BCUT2D eigenvalue weighted by molar-refractivity contribution is 7.15. The van der Waals surface area contributed by atoms with Gasteiger partial charge in [0.1, 0.15) is 11.9 Å². The number of carbonyl (C=O) groups is 1. The summed E-state index contributed by atoms with van der Waals surface area (Å²) in [4.78, 5) is 18.0. The van der Waals surface area contributed by atoms with Gasteiger partial charge in [-0.05, 0) is 31.7 Å². The standard InChI is InChI=1S/C18H20FN5OS.ClH/c1-11-15(8-12-5-4-6-14(19)7-12)26-18(22-11)23-17(25)16(20-2)13-9-21-24(3)10-13;/h4-7,9-10,16,20H,8H2,1-3H3,(H,22,23,25);1H. The van der Waals surface area contributed by atoms with Crippen molar-refractivity contribution in [3.05, 3.63) is 64.2 Å². The smallest absolute Gasteiger partial charge is 0.247 e. The van der Waals surface area contributed by atoms with Crippen LogP contribution in [0.4, 0.5) is 9.52 Å². The number of aryl methyl sites for hydroxylation is 2. The summed E-state index contributed by atoms with van der Waals surface area (Å²) in [6, 6.07) is 5.98. The third-order valence-corrected chi connectivity index (χ3v) is 5.06. The highest BCUT2D eigenvalue weighted by Gasteiger charge is 2.21. The minimum atomic E-state index is -0.514. The van der Waals surface area contributed by atoms with Crippen LogP contribution in [-0.4, -0.2) is 27.7 Å². The van der Waals surface area contributed by atoms with Gasteiger partial charge in [0.15, 0.2) is 5.13 Å². The van der Waals surface area contributed by atoms with Crippen LogP contribution in [0.2, 0.25) is 0 Å². The van der Waals surface area contributed by atoms with Gasteiger partial charge in [-0.25, -0.2) is 9.37 Å². The van der Waals surface area contributed by atoms with Crippen molar-refractivity contribution >= 4 is 34.8 Å². The van der Waals surface area contributed by atoms with Gasteiger partial charge < -0.3 is 10.6 Å². The number of anilines is 1. The van der Waals surface area contributed by atoms with Gasteiger partial charge in [0, 0.05) is 30.1 Å². The first-order valence-electron chi connectivity index (χ1n) is 8.13. The van der Waals surface area contributed by atoms with Crippen molar-refractivity contribution in [3.8, 4) is 0 Å². The van der Waals surface area contributed by atoms with Crippen LogP contribution in [0.3, 0.4) is 0 Å². The fourth-order valence-corrected chi connectivity index (χ4v) is 3.69. The van der Waals surface area contributed by atoms with Crippen molar-refractivity contribution in [2.75, 3.05) is 12.4 Å². The lowest BCUT2D eigenvalue weighted by Gasteiger charge is -2.12. The molecular formula is C18H21ClFN5OS. The number of nitrogens with zero attached hydrogens (tertiary/aromatic N) is 3. The molecule has 1 unspecified atom stereocenters. The second-order valence-electron chi connectivity index (χ2n) is 5.99. The molecule has 144 valence electrons. The molecule has 6 nitrogen and oxygen atoms in total. The normalized spacial score (nSPS) is 11.7. The first kappa shape index (κ1) is 21.0. The van der Waals surface area contributed by atoms with E-state index in [4.69, 9.17) is 0 Å². The third-order valence-electron chi connectivity index (χ3n) is 3.99. The Bertz CT molecular complexity index is 926. The van der Waals surface area contributed by atoms with E-state index in [1.54, 1.807) is 37.2 Å². The van der Waals surface area contributed by atoms with E-state index in [2.05, 4.69) is 20.7 Å². The Hall–Kier alpha value is -2.29. The van der Waals surface area contributed by atoms with E-state index < -0.39 is 6.04 Å². The number of thiazole rings is 1. The minimum absolute atomic E-state index is 0. The Kier molecular flexibility index (Phi) is 7.06. The number of carbonyl (C=O) groups excluding carboxylic acids is 1. The molecule has 0 aliphatic heterocycles. The third kappa shape index (κ3) is 5.12. The van der Waals surface area contributed by atoms with Crippen LogP contribution in [0, 0.1) is 12.7 Å². The van der Waals surface area contributed by atoms with Gasteiger partial charge in [-0.15, -0.1) is 23.7 Å². The van der Waals surface area contributed by atoms with Crippen LogP contribution in [0.25, 0.3) is 0 Å². The van der Waals surface area contributed by atoms with Crippen molar-refractivity contribution in [2.24, 2.45) is 7.05 Å². The summed E-state index contributed by atoms with van der Waals surface area (Å²) in [5.41, 5.74) is 2.48. The molecule has 1 aromatic carbocycles. The first-order chi connectivity index (χ1) is 12.5. The Balaban J connectivity index is 0.00000261. The average Bonchev–Trinajstić information content (AvgIpc) is 3.14. The number of likely N-dealkylation sites (N-methyl/N-ethyl adjacent to an activating group) is 1. The molecule has 1 amide bonds. The summed E-state index contributed by atoms with van der Waals surface area (Å²) in [6.07, 6.45) is 4.03.